The van der Waals surface area contributed by atoms with E-state index in [-0.39, 0.29) is 23.3 Å². The zero-order valence-corrected chi connectivity index (χ0v) is 13.6. The molecule has 1 aromatic carbocycles. The lowest BCUT2D eigenvalue weighted by molar-refractivity contribution is -0.135. The van der Waals surface area contributed by atoms with Crippen LogP contribution in [0.2, 0.25) is 0 Å². The molecule has 2 amide bonds. The number of benzene rings is 1. The maximum atomic E-state index is 13.0. The number of imide groups is 1. The van der Waals surface area contributed by atoms with E-state index in [0.717, 1.165) is 10.9 Å². The molecule has 5 nitrogen and oxygen atoms in total. The number of carbonyl (C=O) groups is 2. The van der Waals surface area contributed by atoms with Gasteiger partial charge in [0, 0.05) is 12.6 Å². The first-order valence-corrected chi connectivity index (χ1v) is 7.77. The Hall–Kier alpha value is -2.43. The van der Waals surface area contributed by atoms with E-state index in [4.69, 9.17) is 0 Å². The topological polar surface area (TPSA) is 68.2 Å². The highest BCUT2D eigenvalue weighted by molar-refractivity contribution is 5.99. The Morgan fingerprint density at radius 2 is 1.87 bits per heavy atom. The van der Waals surface area contributed by atoms with E-state index in [9.17, 15) is 14.4 Å². The number of nitrogens with zero attached hydrogens (tertiary/aromatic N) is 1. The summed E-state index contributed by atoms with van der Waals surface area (Å²) in [5.74, 6) is -0.689. The maximum Gasteiger partial charge on any atom is 0.259 e. The highest BCUT2D eigenvalue weighted by Crippen LogP contribution is 2.28. The Morgan fingerprint density at radius 3 is 2.52 bits per heavy atom. The third-order valence-corrected chi connectivity index (χ3v) is 4.31. The highest BCUT2D eigenvalue weighted by atomic mass is 16.2. The Balaban J connectivity index is 2.21. The summed E-state index contributed by atoms with van der Waals surface area (Å²) < 4.78 is 1.46. The van der Waals surface area contributed by atoms with Gasteiger partial charge in [-0.05, 0) is 28.9 Å². The van der Waals surface area contributed by atoms with Gasteiger partial charge < -0.3 is 4.57 Å². The Labute approximate surface area is 134 Å². The van der Waals surface area contributed by atoms with Gasteiger partial charge in [-0.25, -0.2) is 0 Å². The predicted octanol–water partition coefficient (Wildman–Crippen LogP) is 2.28. The fourth-order valence-corrected chi connectivity index (χ4v) is 3.12. The van der Waals surface area contributed by atoms with Crippen LogP contribution in [0.25, 0.3) is 10.8 Å². The fourth-order valence-electron chi connectivity index (χ4n) is 3.12. The molecular weight excluding hydrogens is 292 g/mol. The number of rotatable bonds is 1. The molecule has 5 heteroatoms. The first-order chi connectivity index (χ1) is 10.8. The van der Waals surface area contributed by atoms with E-state index in [0.29, 0.717) is 11.8 Å². The summed E-state index contributed by atoms with van der Waals surface area (Å²) >= 11 is 0. The standard InChI is InChI=1S/C18H20N2O3/c1-18(2,3)12-6-4-5-11-9-10-20(17(23)15(11)12)13-7-8-14(21)19-16(13)22/h4-6,9-10,13H,7-8H2,1-3H3,(H,19,21,22). The molecule has 1 aromatic heterocycles. The van der Waals surface area contributed by atoms with Crippen molar-refractivity contribution in [2.75, 3.05) is 0 Å². The van der Waals surface area contributed by atoms with Crippen molar-refractivity contribution in [2.24, 2.45) is 0 Å². The molecule has 1 aliphatic rings. The summed E-state index contributed by atoms with van der Waals surface area (Å²) in [5.41, 5.74) is 0.604. The van der Waals surface area contributed by atoms with Gasteiger partial charge in [0.25, 0.3) is 5.56 Å². The monoisotopic (exact) mass is 312 g/mol. The van der Waals surface area contributed by atoms with Gasteiger partial charge in [-0.15, -0.1) is 0 Å². The molecule has 1 fully saturated rings. The average Bonchev–Trinajstić information content (AvgIpc) is 2.47. The van der Waals surface area contributed by atoms with Crippen molar-refractivity contribution in [2.45, 2.75) is 45.1 Å². The fraction of sp³-hybridized carbons (Fsp3) is 0.389. The molecule has 120 valence electrons. The third kappa shape index (κ3) is 2.67. The van der Waals surface area contributed by atoms with Gasteiger partial charge in [0.1, 0.15) is 6.04 Å². The van der Waals surface area contributed by atoms with Crippen LogP contribution in [0.4, 0.5) is 0 Å². The number of hydrogen-bond acceptors (Lipinski definition) is 3. The molecule has 0 radical (unpaired) electrons. The predicted molar refractivity (Wildman–Crippen MR) is 88.3 cm³/mol. The molecule has 2 aromatic rings. The Kier molecular flexibility index (Phi) is 3.59. The van der Waals surface area contributed by atoms with Gasteiger partial charge in [0.2, 0.25) is 11.8 Å². The molecular formula is C18H20N2O3. The summed E-state index contributed by atoms with van der Waals surface area (Å²) in [6.07, 6.45) is 2.26. The van der Waals surface area contributed by atoms with E-state index in [2.05, 4.69) is 26.1 Å². The minimum absolute atomic E-state index is 0.178. The van der Waals surface area contributed by atoms with Gasteiger partial charge >= 0.3 is 0 Å². The molecule has 0 saturated carbocycles. The summed E-state index contributed by atoms with van der Waals surface area (Å²) in [6, 6.07) is 7.03. The van der Waals surface area contributed by atoms with Crippen LogP contribution >= 0.6 is 0 Å². The van der Waals surface area contributed by atoms with Crippen LogP contribution in [0.3, 0.4) is 0 Å². The third-order valence-electron chi connectivity index (χ3n) is 4.31. The van der Waals surface area contributed by atoms with Crippen molar-refractivity contribution < 1.29 is 9.59 Å². The van der Waals surface area contributed by atoms with Crippen LogP contribution in [0.5, 0.6) is 0 Å². The van der Waals surface area contributed by atoms with Crippen molar-refractivity contribution >= 4 is 22.6 Å². The van der Waals surface area contributed by atoms with Gasteiger partial charge in [0.15, 0.2) is 0 Å². The van der Waals surface area contributed by atoms with Crippen LogP contribution < -0.4 is 10.9 Å². The molecule has 1 unspecified atom stereocenters. The summed E-state index contributed by atoms with van der Waals surface area (Å²) in [4.78, 5) is 36.4. The number of amides is 2. The zero-order chi connectivity index (χ0) is 16.8. The molecule has 0 bridgehead atoms. The van der Waals surface area contributed by atoms with E-state index in [1.54, 1.807) is 6.20 Å². The van der Waals surface area contributed by atoms with Crippen molar-refractivity contribution in [1.82, 2.24) is 9.88 Å². The van der Waals surface area contributed by atoms with Crippen molar-refractivity contribution in [1.29, 1.82) is 0 Å². The molecule has 23 heavy (non-hydrogen) atoms. The van der Waals surface area contributed by atoms with Gasteiger partial charge in [0.05, 0.1) is 5.39 Å². The van der Waals surface area contributed by atoms with Crippen LogP contribution in [0.15, 0.2) is 35.3 Å². The number of piperidine rings is 1. The number of fused-ring (bicyclic) bond motifs is 1. The molecule has 0 spiro atoms. The smallest absolute Gasteiger partial charge is 0.259 e. The average molecular weight is 312 g/mol. The number of carbonyl (C=O) groups excluding carboxylic acids is 2. The van der Waals surface area contributed by atoms with Gasteiger partial charge in [-0.1, -0.05) is 39.0 Å². The molecule has 3 rings (SSSR count). The van der Waals surface area contributed by atoms with Crippen LogP contribution in [0, 0.1) is 0 Å². The van der Waals surface area contributed by atoms with E-state index in [1.165, 1.54) is 4.57 Å². The summed E-state index contributed by atoms with van der Waals surface area (Å²) in [6.45, 7) is 6.18. The molecule has 1 atom stereocenters. The molecule has 2 heterocycles. The van der Waals surface area contributed by atoms with E-state index >= 15 is 0 Å². The van der Waals surface area contributed by atoms with E-state index < -0.39 is 11.9 Å². The maximum absolute atomic E-state index is 13.0. The van der Waals surface area contributed by atoms with Crippen molar-refractivity contribution in [3.8, 4) is 0 Å². The van der Waals surface area contributed by atoms with Crippen LogP contribution in [-0.2, 0) is 15.0 Å². The van der Waals surface area contributed by atoms with Gasteiger partial charge in [-0.3, -0.25) is 19.7 Å². The minimum Gasteiger partial charge on any atom is -0.302 e. The number of pyridine rings is 1. The lowest BCUT2D eigenvalue weighted by atomic mass is 9.84. The minimum atomic E-state index is -0.627. The van der Waals surface area contributed by atoms with Gasteiger partial charge in [-0.2, -0.15) is 0 Å². The Morgan fingerprint density at radius 1 is 1.13 bits per heavy atom. The second-order valence-electron chi connectivity index (χ2n) is 7.01. The summed E-state index contributed by atoms with van der Waals surface area (Å²) in [7, 11) is 0. The number of nitrogens with one attached hydrogen (secondary N) is 1. The quantitative estimate of drug-likeness (QED) is 0.821. The second kappa shape index (κ2) is 5.33. The Bertz CT molecular complexity index is 859. The number of hydrogen-bond donors (Lipinski definition) is 1. The molecule has 1 aliphatic heterocycles. The van der Waals surface area contributed by atoms with Crippen LogP contribution in [-0.4, -0.2) is 16.4 Å². The summed E-state index contributed by atoms with van der Waals surface area (Å²) in [5, 5.41) is 3.82. The van der Waals surface area contributed by atoms with Crippen molar-refractivity contribution in [3.63, 3.8) is 0 Å². The SMILES string of the molecule is CC(C)(C)c1cccc2ccn(C3CCC(=O)NC3=O)c(=O)c12. The lowest BCUT2D eigenvalue weighted by Crippen LogP contribution is -2.44. The van der Waals surface area contributed by atoms with Crippen molar-refractivity contribution in [3.05, 3.63) is 46.4 Å². The molecule has 1 N–H and O–H groups in total. The number of aromatic nitrogens is 1. The first-order valence-electron chi connectivity index (χ1n) is 7.77. The molecule has 0 aliphatic carbocycles. The molecule has 1 saturated heterocycles. The lowest BCUT2D eigenvalue weighted by Gasteiger charge is -2.25. The van der Waals surface area contributed by atoms with E-state index in [1.807, 2.05) is 24.3 Å². The second-order valence-corrected chi connectivity index (χ2v) is 7.01. The normalized spacial score (nSPS) is 19.0. The zero-order valence-electron chi connectivity index (χ0n) is 13.6. The van der Waals surface area contributed by atoms with Crippen LogP contribution in [0.1, 0.15) is 45.2 Å². The largest absolute Gasteiger partial charge is 0.302 e. The highest BCUT2D eigenvalue weighted by Gasteiger charge is 2.29. The first kappa shape index (κ1) is 15.5.